The molecule has 0 aliphatic heterocycles. The molecule has 0 aromatic carbocycles. The molecule has 0 heterocycles. The van der Waals surface area contributed by atoms with Gasteiger partial charge in [0.2, 0.25) is 0 Å². The highest BCUT2D eigenvalue weighted by Crippen LogP contribution is 2.15. The van der Waals surface area contributed by atoms with Crippen molar-refractivity contribution in [3.05, 3.63) is 10.1 Å². The fourth-order valence-electron chi connectivity index (χ4n) is 2.27. The Bertz CT molecular complexity index is 183. The van der Waals surface area contributed by atoms with E-state index >= 15 is 0 Å². The normalized spacial score (nSPS) is 21.0. The summed E-state index contributed by atoms with van der Waals surface area (Å²) in [6.45, 7) is 0. The molecule has 0 radical (unpaired) electrons. The summed E-state index contributed by atoms with van der Waals surface area (Å²) in [4.78, 5) is 8.36. The zero-order valence-electron chi connectivity index (χ0n) is 11.1. The van der Waals surface area contributed by atoms with Crippen LogP contribution in [0.15, 0.2) is 0 Å². The first kappa shape index (κ1) is 17.1. The van der Waals surface area contributed by atoms with Crippen molar-refractivity contribution in [1.29, 1.82) is 0 Å². The molecular formula is C12H27N3O3. The van der Waals surface area contributed by atoms with Crippen LogP contribution in [-0.2, 0) is 0 Å². The summed E-state index contributed by atoms with van der Waals surface area (Å²) in [7, 11) is 0. The third-order valence-electron chi connectivity index (χ3n) is 3.30. The van der Waals surface area contributed by atoms with E-state index in [2.05, 4.69) is 0 Å². The molecule has 0 bridgehead atoms. The Hall–Kier alpha value is -0.880. The van der Waals surface area contributed by atoms with Gasteiger partial charge in [-0.15, -0.1) is 10.1 Å². The van der Waals surface area contributed by atoms with Crippen LogP contribution in [0.4, 0.5) is 0 Å². The number of nitrogens with zero attached hydrogens (tertiary/aromatic N) is 1. The van der Waals surface area contributed by atoms with Gasteiger partial charge in [-0.1, -0.05) is 38.5 Å². The predicted molar refractivity (Wildman–Crippen MR) is 70.9 cm³/mol. The van der Waals surface area contributed by atoms with Crippen LogP contribution in [0, 0.1) is 10.1 Å². The first-order valence-electron chi connectivity index (χ1n) is 6.86. The summed E-state index contributed by atoms with van der Waals surface area (Å²) in [5.41, 5.74) is 11.3. The van der Waals surface area contributed by atoms with Crippen LogP contribution in [0.3, 0.4) is 0 Å². The first-order chi connectivity index (χ1) is 8.52. The van der Waals surface area contributed by atoms with Gasteiger partial charge in [0.15, 0.2) is 0 Å². The van der Waals surface area contributed by atoms with Crippen LogP contribution in [0.1, 0.15) is 64.2 Å². The van der Waals surface area contributed by atoms with Crippen LogP contribution < -0.4 is 11.5 Å². The third-order valence-corrected chi connectivity index (χ3v) is 3.30. The van der Waals surface area contributed by atoms with Crippen LogP contribution in [-0.4, -0.2) is 22.4 Å². The van der Waals surface area contributed by atoms with Crippen molar-refractivity contribution < 1.29 is 10.3 Å². The van der Waals surface area contributed by atoms with E-state index in [4.69, 9.17) is 26.8 Å². The molecule has 6 heteroatoms. The van der Waals surface area contributed by atoms with Crippen LogP contribution in [0.2, 0.25) is 0 Å². The van der Waals surface area contributed by atoms with E-state index < -0.39 is 5.09 Å². The maximum Gasteiger partial charge on any atom is 0.291 e. The summed E-state index contributed by atoms with van der Waals surface area (Å²) < 4.78 is 0. The largest absolute Gasteiger partial charge is 0.328 e. The maximum absolute atomic E-state index is 8.36. The first-order valence-corrected chi connectivity index (χ1v) is 6.86. The molecule has 18 heavy (non-hydrogen) atoms. The second-order valence-electron chi connectivity index (χ2n) is 5.03. The van der Waals surface area contributed by atoms with Gasteiger partial charge in [-0.3, -0.25) is 0 Å². The second kappa shape index (κ2) is 11.2. The third kappa shape index (κ3) is 13.2. The Kier molecular flexibility index (Phi) is 10.7. The summed E-state index contributed by atoms with van der Waals surface area (Å²) in [6, 6.07) is 1.07. The lowest BCUT2D eigenvalue weighted by Crippen LogP contribution is -2.22. The van der Waals surface area contributed by atoms with Gasteiger partial charge in [0, 0.05) is 12.1 Å². The van der Waals surface area contributed by atoms with Gasteiger partial charge in [-0.05, 0) is 25.7 Å². The molecule has 0 aromatic heterocycles. The van der Waals surface area contributed by atoms with E-state index in [1.165, 1.54) is 64.2 Å². The lowest BCUT2D eigenvalue weighted by atomic mass is 9.97. The zero-order valence-corrected chi connectivity index (χ0v) is 11.1. The Morgan fingerprint density at radius 1 is 0.833 bits per heavy atom. The highest BCUT2D eigenvalue weighted by atomic mass is 16.9. The standard InChI is InChI=1S/2C6H13N.HNO3/c2*7-6-4-2-1-3-5-6;2-1(3)4/h2*6H,1-5,7H2;(H,2,3,4). The molecule has 0 amide bonds. The molecule has 0 atom stereocenters. The Labute approximate surface area is 109 Å². The smallest absolute Gasteiger partial charge is 0.291 e. The average molecular weight is 261 g/mol. The molecule has 2 aliphatic carbocycles. The summed E-state index contributed by atoms with van der Waals surface area (Å²) in [6.07, 6.45) is 13.3. The van der Waals surface area contributed by atoms with Crippen LogP contribution in [0.5, 0.6) is 0 Å². The minimum absolute atomic E-state index is 0.536. The van der Waals surface area contributed by atoms with Gasteiger partial charge in [0.1, 0.15) is 0 Å². The number of hydrogen-bond acceptors (Lipinski definition) is 4. The maximum atomic E-state index is 8.36. The monoisotopic (exact) mass is 261 g/mol. The van der Waals surface area contributed by atoms with Gasteiger partial charge in [0.25, 0.3) is 5.09 Å². The van der Waals surface area contributed by atoms with Crippen molar-refractivity contribution in [3.63, 3.8) is 0 Å². The van der Waals surface area contributed by atoms with Crippen molar-refractivity contribution in [3.8, 4) is 0 Å². The minimum Gasteiger partial charge on any atom is -0.328 e. The number of rotatable bonds is 0. The molecule has 0 unspecified atom stereocenters. The Morgan fingerprint density at radius 2 is 1.06 bits per heavy atom. The highest BCUT2D eigenvalue weighted by molar-refractivity contribution is 4.66. The van der Waals surface area contributed by atoms with Gasteiger partial charge in [0.05, 0.1) is 0 Å². The molecule has 2 fully saturated rings. The minimum atomic E-state index is -1.50. The second-order valence-corrected chi connectivity index (χ2v) is 5.03. The van der Waals surface area contributed by atoms with E-state index in [0.717, 1.165) is 0 Å². The summed E-state index contributed by atoms with van der Waals surface area (Å²) in [5.74, 6) is 0. The lowest BCUT2D eigenvalue weighted by molar-refractivity contribution is -0.742. The molecular weight excluding hydrogens is 234 g/mol. The van der Waals surface area contributed by atoms with Gasteiger partial charge in [-0.25, -0.2) is 0 Å². The fourth-order valence-corrected chi connectivity index (χ4v) is 2.27. The lowest BCUT2D eigenvalue weighted by Gasteiger charge is -2.15. The molecule has 2 saturated carbocycles. The fraction of sp³-hybridized carbons (Fsp3) is 1.00. The number of hydrogen-bond donors (Lipinski definition) is 3. The highest BCUT2D eigenvalue weighted by Gasteiger charge is 2.06. The van der Waals surface area contributed by atoms with E-state index in [9.17, 15) is 0 Å². The van der Waals surface area contributed by atoms with E-state index in [0.29, 0.717) is 12.1 Å². The van der Waals surface area contributed by atoms with Gasteiger partial charge < -0.3 is 16.7 Å². The molecule has 6 nitrogen and oxygen atoms in total. The van der Waals surface area contributed by atoms with E-state index in [1.807, 2.05) is 0 Å². The molecule has 0 spiro atoms. The van der Waals surface area contributed by atoms with E-state index in [1.54, 1.807) is 0 Å². The number of nitrogens with two attached hydrogens (primary N) is 2. The Balaban J connectivity index is 0.000000253. The van der Waals surface area contributed by atoms with Crippen molar-refractivity contribution in [2.45, 2.75) is 76.3 Å². The molecule has 0 aromatic rings. The quantitative estimate of drug-likeness (QED) is 0.456. The zero-order chi connectivity index (χ0) is 13.8. The topological polar surface area (TPSA) is 115 Å². The van der Waals surface area contributed by atoms with Gasteiger partial charge in [-0.2, -0.15) is 0 Å². The predicted octanol–water partition coefficient (Wildman–Crippen LogP) is 2.21. The molecule has 0 saturated heterocycles. The van der Waals surface area contributed by atoms with Gasteiger partial charge >= 0.3 is 0 Å². The summed E-state index contributed by atoms with van der Waals surface area (Å²) >= 11 is 0. The van der Waals surface area contributed by atoms with Crippen molar-refractivity contribution in [2.75, 3.05) is 0 Å². The molecule has 2 aliphatic rings. The van der Waals surface area contributed by atoms with Crippen LogP contribution in [0.25, 0.3) is 0 Å². The molecule has 5 N–H and O–H groups in total. The molecule has 108 valence electrons. The van der Waals surface area contributed by atoms with Crippen molar-refractivity contribution >= 4 is 0 Å². The molecule has 2 rings (SSSR count). The van der Waals surface area contributed by atoms with Crippen molar-refractivity contribution in [2.24, 2.45) is 11.5 Å². The van der Waals surface area contributed by atoms with Crippen molar-refractivity contribution in [1.82, 2.24) is 0 Å². The Morgan fingerprint density at radius 3 is 1.17 bits per heavy atom. The van der Waals surface area contributed by atoms with Crippen LogP contribution >= 0.6 is 0 Å². The SMILES string of the molecule is NC1CCCCC1.NC1CCCCC1.O=[N+]([O-])O. The van der Waals surface area contributed by atoms with E-state index in [-0.39, 0.29) is 0 Å². The summed E-state index contributed by atoms with van der Waals surface area (Å²) in [5, 5.41) is 13.6. The average Bonchev–Trinajstić information content (AvgIpc) is 2.31.